The Morgan fingerprint density at radius 1 is 1.00 bits per heavy atom. The van der Waals surface area contributed by atoms with Gasteiger partial charge < -0.3 is 4.74 Å². The van der Waals surface area contributed by atoms with Crippen molar-refractivity contribution in [3.8, 4) is 5.75 Å². The summed E-state index contributed by atoms with van der Waals surface area (Å²) in [6.07, 6.45) is 0. The topological polar surface area (TPSA) is 22.1 Å². The molecule has 21 heavy (non-hydrogen) atoms. The van der Waals surface area contributed by atoms with Gasteiger partial charge in [0, 0.05) is 20.8 Å². The maximum atomic E-state index is 5.90. The van der Waals surface area contributed by atoms with Gasteiger partial charge >= 0.3 is 0 Å². The maximum Gasteiger partial charge on any atom is 0.130 e. The first-order chi connectivity index (χ1) is 10.3. The van der Waals surface area contributed by atoms with E-state index < -0.39 is 0 Å². The van der Waals surface area contributed by atoms with E-state index >= 15 is 0 Å². The van der Waals surface area contributed by atoms with E-state index in [4.69, 9.17) is 4.74 Å². The average molecular weight is 407 g/mol. The SMILES string of the molecule is BrCc1cc(Br)ccc1OCc1ccc2ccccc2n1. The van der Waals surface area contributed by atoms with Gasteiger partial charge in [0.15, 0.2) is 0 Å². The zero-order chi connectivity index (χ0) is 14.7. The van der Waals surface area contributed by atoms with Crippen LogP contribution >= 0.6 is 31.9 Å². The van der Waals surface area contributed by atoms with Gasteiger partial charge in [-0.2, -0.15) is 0 Å². The number of fused-ring (bicyclic) bond motifs is 1. The van der Waals surface area contributed by atoms with Crippen LogP contribution in [0.15, 0.2) is 59.1 Å². The number of aromatic nitrogens is 1. The fraction of sp³-hybridized carbons (Fsp3) is 0.118. The second kappa shape index (κ2) is 6.58. The van der Waals surface area contributed by atoms with Crippen LogP contribution in [0.3, 0.4) is 0 Å². The molecular formula is C17H13Br2NO. The molecule has 0 amide bonds. The second-order valence-corrected chi connectivity index (χ2v) is 6.15. The van der Waals surface area contributed by atoms with Crippen molar-refractivity contribution >= 4 is 42.8 Å². The normalized spacial score (nSPS) is 10.8. The fourth-order valence-electron chi connectivity index (χ4n) is 2.13. The van der Waals surface area contributed by atoms with E-state index in [1.165, 1.54) is 0 Å². The Bertz CT molecular complexity index is 774. The molecule has 4 heteroatoms. The molecule has 1 heterocycles. The number of ether oxygens (including phenoxy) is 1. The van der Waals surface area contributed by atoms with Crippen molar-refractivity contribution < 1.29 is 4.74 Å². The predicted molar refractivity (Wildman–Crippen MR) is 92.8 cm³/mol. The van der Waals surface area contributed by atoms with Crippen LogP contribution < -0.4 is 4.74 Å². The molecule has 0 radical (unpaired) electrons. The molecule has 0 aliphatic carbocycles. The second-order valence-electron chi connectivity index (χ2n) is 4.67. The lowest BCUT2D eigenvalue weighted by atomic mass is 10.2. The van der Waals surface area contributed by atoms with E-state index in [9.17, 15) is 0 Å². The Kier molecular flexibility index (Phi) is 4.56. The highest BCUT2D eigenvalue weighted by molar-refractivity contribution is 9.10. The van der Waals surface area contributed by atoms with Crippen molar-refractivity contribution in [3.63, 3.8) is 0 Å². The minimum atomic E-state index is 0.465. The highest BCUT2D eigenvalue weighted by Crippen LogP contribution is 2.26. The van der Waals surface area contributed by atoms with E-state index in [-0.39, 0.29) is 0 Å². The van der Waals surface area contributed by atoms with E-state index in [2.05, 4.69) is 55.0 Å². The first-order valence-corrected chi connectivity index (χ1v) is 8.49. The number of pyridine rings is 1. The van der Waals surface area contributed by atoms with Crippen molar-refractivity contribution in [2.24, 2.45) is 0 Å². The van der Waals surface area contributed by atoms with Crippen LogP contribution in [-0.4, -0.2) is 4.98 Å². The molecule has 0 saturated heterocycles. The van der Waals surface area contributed by atoms with E-state index in [0.29, 0.717) is 6.61 Å². The summed E-state index contributed by atoms with van der Waals surface area (Å²) < 4.78 is 6.95. The average Bonchev–Trinajstić information content (AvgIpc) is 2.53. The fourth-order valence-corrected chi connectivity index (χ4v) is 2.98. The lowest BCUT2D eigenvalue weighted by molar-refractivity contribution is 0.299. The van der Waals surface area contributed by atoms with Crippen LogP contribution in [0.2, 0.25) is 0 Å². The third kappa shape index (κ3) is 3.44. The molecule has 0 N–H and O–H groups in total. The molecule has 2 nitrogen and oxygen atoms in total. The van der Waals surface area contributed by atoms with E-state index in [1.807, 2.05) is 36.4 Å². The molecule has 0 unspecified atom stereocenters. The molecule has 2 aromatic carbocycles. The van der Waals surface area contributed by atoms with Crippen LogP contribution in [-0.2, 0) is 11.9 Å². The Hall–Kier alpha value is -1.39. The standard InChI is InChI=1S/C17H13Br2NO/c18-10-13-9-14(19)6-8-17(13)21-11-15-7-5-12-3-1-2-4-16(12)20-15/h1-9H,10-11H2. The largest absolute Gasteiger partial charge is 0.487 e. The molecule has 0 spiro atoms. The smallest absolute Gasteiger partial charge is 0.130 e. The third-order valence-electron chi connectivity index (χ3n) is 3.20. The molecule has 0 atom stereocenters. The third-order valence-corrected chi connectivity index (χ3v) is 4.30. The lowest BCUT2D eigenvalue weighted by Gasteiger charge is -2.10. The summed E-state index contributed by atoms with van der Waals surface area (Å²) in [6.45, 7) is 0.465. The number of hydrogen-bond acceptors (Lipinski definition) is 2. The first-order valence-electron chi connectivity index (χ1n) is 6.58. The van der Waals surface area contributed by atoms with Gasteiger partial charge in [-0.3, -0.25) is 0 Å². The van der Waals surface area contributed by atoms with Crippen LogP contribution in [0.1, 0.15) is 11.3 Å². The lowest BCUT2D eigenvalue weighted by Crippen LogP contribution is -2.00. The highest BCUT2D eigenvalue weighted by atomic mass is 79.9. The summed E-state index contributed by atoms with van der Waals surface area (Å²) in [7, 11) is 0. The molecule has 0 fully saturated rings. The number of alkyl halides is 1. The Morgan fingerprint density at radius 2 is 1.86 bits per heavy atom. The van der Waals surface area contributed by atoms with Crippen molar-refractivity contribution in [2.75, 3.05) is 0 Å². The number of nitrogens with zero attached hydrogens (tertiary/aromatic N) is 1. The van der Waals surface area contributed by atoms with Crippen molar-refractivity contribution in [1.82, 2.24) is 4.98 Å². The molecule has 3 rings (SSSR count). The Labute approximate surface area is 140 Å². The van der Waals surface area contributed by atoms with Crippen LogP contribution in [0, 0.1) is 0 Å². The minimum Gasteiger partial charge on any atom is -0.487 e. The molecule has 0 aliphatic rings. The van der Waals surface area contributed by atoms with Gasteiger partial charge in [0.2, 0.25) is 0 Å². The first kappa shape index (κ1) is 14.5. The number of benzene rings is 2. The molecule has 1 aromatic heterocycles. The van der Waals surface area contributed by atoms with Crippen molar-refractivity contribution in [1.29, 1.82) is 0 Å². The van der Waals surface area contributed by atoms with Crippen molar-refractivity contribution in [3.05, 3.63) is 70.3 Å². The summed E-state index contributed by atoms with van der Waals surface area (Å²) in [5.74, 6) is 0.880. The molecule has 0 aliphatic heterocycles. The van der Waals surface area contributed by atoms with Gasteiger partial charge in [0.1, 0.15) is 12.4 Å². The summed E-state index contributed by atoms with van der Waals surface area (Å²) in [5.41, 5.74) is 3.04. The van der Waals surface area contributed by atoms with Gasteiger partial charge in [0.25, 0.3) is 0 Å². The Morgan fingerprint density at radius 3 is 2.71 bits per heavy atom. The zero-order valence-electron chi connectivity index (χ0n) is 11.2. The van der Waals surface area contributed by atoms with Crippen LogP contribution in [0.5, 0.6) is 5.75 Å². The van der Waals surface area contributed by atoms with Gasteiger partial charge in [-0.1, -0.05) is 56.1 Å². The zero-order valence-corrected chi connectivity index (χ0v) is 14.4. The summed E-state index contributed by atoms with van der Waals surface area (Å²) in [5, 5.41) is 1.90. The van der Waals surface area contributed by atoms with Crippen molar-refractivity contribution in [2.45, 2.75) is 11.9 Å². The molecule has 3 aromatic rings. The van der Waals surface area contributed by atoms with Gasteiger partial charge in [0.05, 0.1) is 11.2 Å². The molecule has 106 valence electrons. The summed E-state index contributed by atoms with van der Waals surface area (Å²) in [4.78, 5) is 4.62. The number of para-hydroxylation sites is 1. The van der Waals surface area contributed by atoms with Crippen LogP contribution in [0.25, 0.3) is 10.9 Å². The Balaban J connectivity index is 1.80. The molecular weight excluding hydrogens is 394 g/mol. The molecule has 0 saturated carbocycles. The predicted octanol–water partition coefficient (Wildman–Crippen LogP) is 5.47. The van der Waals surface area contributed by atoms with Gasteiger partial charge in [-0.05, 0) is 30.3 Å². The van der Waals surface area contributed by atoms with Gasteiger partial charge in [-0.25, -0.2) is 4.98 Å². The van der Waals surface area contributed by atoms with Crippen LogP contribution in [0.4, 0.5) is 0 Å². The quantitative estimate of drug-likeness (QED) is 0.536. The summed E-state index contributed by atoms with van der Waals surface area (Å²) in [6, 6.07) is 18.2. The minimum absolute atomic E-state index is 0.465. The summed E-state index contributed by atoms with van der Waals surface area (Å²) >= 11 is 6.96. The van der Waals surface area contributed by atoms with Gasteiger partial charge in [-0.15, -0.1) is 0 Å². The number of halogens is 2. The maximum absolute atomic E-state index is 5.90. The van der Waals surface area contributed by atoms with E-state index in [1.54, 1.807) is 0 Å². The number of hydrogen-bond donors (Lipinski definition) is 0. The monoisotopic (exact) mass is 405 g/mol. The highest BCUT2D eigenvalue weighted by Gasteiger charge is 2.05. The number of rotatable bonds is 4. The van der Waals surface area contributed by atoms with E-state index in [0.717, 1.165) is 37.7 Å². The molecule has 0 bridgehead atoms.